The van der Waals surface area contributed by atoms with Crippen LogP contribution in [-0.4, -0.2) is 38.4 Å². The lowest BCUT2D eigenvalue weighted by Crippen LogP contribution is -2.57. The third-order valence-electron chi connectivity index (χ3n) is 4.32. The lowest BCUT2D eigenvalue weighted by atomic mass is 9.99. The molecule has 1 fully saturated rings. The van der Waals surface area contributed by atoms with Crippen molar-refractivity contribution in [2.75, 3.05) is 20.8 Å². The standard InChI is InChI=1S/C18H25NO6/c1-5-15(20)24-17(21)18(12(2)10-11-19-18)25-14-8-6-13(7-9-14)16(22-3)23-4/h6-9,12,16,19H,5,10-11H2,1-4H3/t12?,18-/m1/s1. The molecule has 1 N–H and O–H groups in total. The molecule has 0 bridgehead atoms. The summed E-state index contributed by atoms with van der Waals surface area (Å²) in [6.07, 6.45) is 0.391. The molecule has 1 unspecified atom stereocenters. The number of rotatable bonds is 7. The molecule has 1 saturated heterocycles. The molecule has 1 aliphatic heterocycles. The predicted octanol–water partition coefficient (Wildman–Crippen LogP) is 2.16. The zero-order valence-corrected chi connectivity index (χ0v) is 15.0. The number of hydrogen-bond donors (Lipinski definition) is 1. The summed E-state index contributed by atoms with van der Waals surface area (Å²) in [7, 11) is 3.11. The summed E-state index contributed by atoms with van der Waals surface area (Å²) < 4.78 is 21.3. The van der Waals surface area contributed by atoms with E-state index in [-0.39, 0.29) is 12.3 Å². The first kappa shape index (κ1) is 19.4. The number of esters is 2. The minimum Gasteiger partial charge on any atom is -0.461 e. The van der Waals surface area contributed by atoms with Gasteiger partial charge >= 0.3 is 11.9 Å². The van der Waals surface area contributed by atoms with E-state index in [0.717, 1.165) is 12.0 Å². The van der Waals surface area contributed by atoms with E-state index in [0.29, 0.717) is 12.3 Å². The first-order valence-electron chi connectivity index (χ1n) is 8.31. The predicted molar refractivity (Wildman–Crippen MR) is 89.7 cm³/mol. The van der Waals surface area contributed by atoms with Gasteiger partial charge in [-0.2, -0.15) is 0 Å². The Morgan fingerprint density at radius 1 is 1.24 bits per heavy atom. The van der Waals surface area contributed by atoms with Crippen LogP contribution in [0.2, 0.25) is 0 Å². The number of carbonyl (C=O) groups is 2. The van der Waals surface area contributed by atoms with Crippen LogP contribution in [0.25, 0.3) is 0 Å². The smallest absolute Gasteiger partial charge is 0.374 e. The zero-order valence-electron chi connectivity index (χ0n) is 15.0. The summed E-state index contributed by atoms with van der Waals surface area (Å²) in [6.45, 7) is 4.12. The van der Waals surface area contributed by atoms with Gasteiger partial charge in [-0.15, -0.1) is 0 Å². The number of hydrogen-bond acceptors (Lipinski definition) is 7. The van der Waals surface area contributed by atoms with Gasteiger partial charge in [-0.1, -0.05) is 26.0 Å². The average molecular weight is 351 g/mol. The van der Waals surface area contributed by atoms with Gasteiger partial charge in [0.15, 0.2) is 6.29 Å². The quantitative estimate of drug-likeness (QED) is 0.458. The first-order valence-corrected chi connectivity index (χ1v) is 8.31. The van der Waals surface area contributed by atoms with Gasteiger partial charge in [0, 0.05) is 32.1 Å². The van der Waals surface area contributed by atoms with Crippen LogP contribution >= 0.6 is 0 Å². The largest absolute Gasteiger partial charge is 0.461 e. The Balaban J connectivity index is 2.20. The van der Waals surface area contributed by atoms with Crippen LogP contribution in [0.4, 0.5) is 0 Å². The molecule has 0 radical (unpaired) electrons. The van der Waals surface area contributed by atoms with Crippen molar-refractivity contribution in [1.29, 1.82) is 0 Å². The Hall–Kier alpha value is -1.96. The maximum atomic E-state index is 12.5. The summed E-state index contributed by atoms with van der Waals surface area (Å²) in [5, 5.41) is 3.06. The van der Waals surface area contributed by atoms with Crippen molar-refractivity contribution in [3.05, 3.63) is 29.8 Å². The molecule has 0 amide bonds. The molecule has 0 aromatic heterocycles. The van der Waals surface area contributed by atoms with Crippen molar-refractivity contribution in [2.24, 2.45) is 5.92 Å². The van der Waals surface area contributed by atoms with Crippen LogP contribution in [0.1, 0.15) is 38.5 Å². The van der Waals surface area contributed by atoms with Crippen molar-refractivity contribution in [1.82, 2.24) is 5.32 Å². The van der Waals surface area contributed by atoms with E-state index in [1.165, 1.54) is 0 Å². The van der Waals surface area contributed by atoms with Crippen molar-refractivity contribution in [2.45, 2.75) is 38.7 Å². The van der Waals surface area contributed by atoms with E-state index >= 15 is 0 Å². The summed E-state index contributed by atoms with van der Waals surface area (Å²) in [5.41, 5.74) is -0.545. The molecular formula is C18H25NO6. The molecule has 7 nitrogen and oxygen atoms in total. The van der Waals surface area contributed by atoms with E-state index in [1.54, 1.807) is 45.4 Å². The topological polar surface area (TPSA) is 83.1 Å². The highest BCUT2D eigenvalue weighted by Crippen LogP contribution is 2.32. The van der Waals surface area contributed by atoms with Crippen molar-refractivity contribution in [3.63, 3.8) is 0 Å². The highest BCUT2D eigenvalue weighted by molar-refractivity contribution is 5.90. The van der Waals surface area contributed by atoms with Gasteiger partial charge in [0.2, 0.25) is 0 Å². The van der Waals surface area contributed by atoms with Gasteiger partial charge in [0.05, 0.1) is 0 Å². The monoisotopic (exact) mass is 351 g/mol. The van der Waals surface area contributed by atoms with Gasteiger partial charge in [0.1, 0.15) is 5.75 Å². The number of ether oxygens (including phenoxy) is 4. The molecule has 25 heavy (non-hydrogen) atoms. The second-order valence-electron chi connectivity index (χ2n) is 5.94. The number of benzene rings is 1. The van der Waals surface area contributed by atoms with Crippen molar-refractivity contribution in [3.8, 4) is 5.75 Å². The fraction of sp³-hybridized carbons (Fsp3) is 0.556. The number of methoxy groups -OCH3 is 2. The third-order valence-corrected chi connectivity index (χ3v) is 4.32. The Morgan fingerprint density at radius 3 is 2.36 bits per heavy atom. The summed E-state index contributed by atoms with van der Waals surface area (Å²) in [5.74, 6) is -0.945. The molecule has 1 aromatic rings. The molecule has 2 rings (SSSR count). The summed E-state index contributed by atoms with van der Waals surface area (Å²) in [6, 6.07) is 7.04. The number of carbonyl (C=O) groups excluding carboxylic acids is 2. The van der Waals surface area contributed by atoms with Crippen LogP contribution in [0.15, 0.2) is 24.3 Å². The maximum Gasteiger partial charge on any atom is 0.374 e. The van der Waals surface area contributed by atoms with Gasteiger partial charge < -0.3 is 18.9 Å². The maximum absolute atomic E-state index is 12.5. The van der Waals surface area contributed by atoms with Crippen LogP contribution < -0.4 is 10.1 Å². The fourth-order valence-electron chi connectivity index (χ4n) is 2.80. The van der Waals surface area contributed by atoms with E-state index in [4.69, 9.17) is 18.9 Å². The lowest BCUT2D eigenvalue weighted by molar-refractivity contribution is -0.176. The van der Waals surface area contributed by atoms with Crippen molar-refractivity contribution >= 4 is 11.9 Å². The molecular weight excluding hydrogens is 326 g/mol. The minimum absolute atomic E-state index is 0.125. The van der Waals surface area contributed by atoms with Crippen LogP contribution in [-0.2, 0) is 23.8 Å². The Morgan fingerprint density at radius 2 is 1.88 bits per heavy atom. The SMILES string of the molecule is CCC(=O)OC(=O)[C@@]1(Oc2ccc(C(OC)OC)cc2)NCCC1C. The average Bonchev–Trinajstić information content (AvgIpc) is 2.99. The fourth-order valence-corrected chi connectivity index (χ4v) is 2.80. The zero-order chi connectivity index (χ0) is 18.4. The molecule has 2 atom stereocenters. The molecule has 0 aliphatic carbocycles. The summed E-state index contributed by atoms with van der Waals surface area (Å²) in [4.78, 5) is 24.1. The second-order valence-corrected chi connectivity index (χ2v) is 5.94. The van der Waals surface area contributed by atoms with Crippen LogP contribution in [0.5, 0.6) is 5.75 Å². The van der Waals surface area contributed by atoms with E-state index in [1.807, 2.05) is 6.92 Å². The third kappa shape index (κ3) is 4.18. The second kappa shape index (κ2) is 8.42. The Kier molecular flexibility index (Phi) is 6.52. The van der Waals surface area contributed by atoms with Gasteiger partial charge in [-0.3, -0.25) is 10.1 Å². The molecule has 1 aromatic carbocycles. The number of nitrogens with one attached hydrogen (secondary N) is 1. The highest BCUT2D eigenvalue weighted by atomic mass is 16.7. The van der Waals surface area contributed by atoms with Crippen LogP contribution in [0, 0.1) is 5.92 Å². The molecule has 0 saturated carbocycles. The summed E-state index contributed by atoms with van der Waals surface area (Å²) >= 11 is 0. The first-order chi connectivity index (χ1) is 12.0. The Bertz CT molecular complexity index is 598. The Labute approximate surface area is 147 Å². The van der Waals surface area contributed by atoms with Gasteiger partial charge in [-0.25, -0.2) is 4.79 Å². The molecule has 1 aliphatic rings. The van der Waals surface area contributed by atoms with Crippen molar-refractivity contribution < 1.29 is 28.5 Å². The molecule has 7 heteroatoms. The van der Waals surface area contributed by atoms with Crippen LogP contribution in [0.3, 0.4) is 0 Å². The molecule has 138 valence electrons. The molecule has 1 heterocycles. The van der Waals surface area contributed by atoms with E-state index in [9.17, 15) is 9.59 Å². The highest BCUT2D eigenvalue weighted by Gasteiger charge is 2.51. The van der Waals surface area contributed by atoms with Gasteiger partial charge in [0.25, 0.3) is 5.72 Å². The van der Waals surface area contributed by atoms with Gasteiger partial charge in [-0.05, 0) is 25.1 Å². The molecule has 0 spiro atoms. The van der Waals surface area contributed by atoms with E-state index < -0.39 is 24.0 Å². The normalized spacial score (nSPS) is 22.8. The van der Waals surface area contributed by atoms with E-state index in [2.05, 4.69) is 5.32 Å². The minimum atomic E-state index is -1.37. The lowest BCUT2D eigenvalue weighted by Gasteiger charge is -2.31.